The summed E-state index contributed by atoms with van der Waals surface area (Å²) in [6.07, 6.45) is 0. The Morgan fingerprint density at radius 1 is 1.05 bits per heavy atom. The number of thiocarbonyl (C=S) groups is 1. The molecule has 2 aromatic rings. The minimum absolute atomic E-state index is 0.441. The van der Waals surface area contributed by atoms with E-state index in [0.717, 1.165) is 35.5 Å². The lowest BCUT2D eigenvalue weighted by atomic mass is 10.1. The molecule has 0 fully saturated rings. The summed E-state index contributed by atoms with van der Waals surface area (Å²) in [4.78, 5) is 2.66. The van der Waals surface area contributed by atoms with Gasteiger partial charge >= 0.3 is 0 Å². The first-order chi connectivity index (χ1) is 10.1. The highest BCUT2D eigenvalue weighted by atomic mass is 32.1. The van der Waals surface area contributed by atoms with Gasteiger partial charge in [0.15, 0.2) is 0 Å². The second-order valence-corrected chi connectivity index (χ2v) is 5.45. The van der Waals surface area contributed by atoms with Gasteiger partial charge in [-0.05, 0) is 18.7 Å². The molecule has 0 amide bonds. The lowest BCUT2D eigenvalue weighted by Crippen LogP contribution is -2.21. The first kappa shape index (κ1) is 15.5. The van der Waals surface area contributed by atoms with Gasteiger partial charge in [-0.25, -0.2) is 0 Å². The third-order valence-corrected chi connectivity index (χ3v) is 3.58. The molecule has 0 radical (unpaired) electrons. The summed E-state index contributed by atoms with van der Waals surface area (Å²) in [5, 5.41) is 0. The normalized spacial score (nSPS) is 10.6. The van der Waals surface area contributed by atoms with Gasteiger partial charge in [-0.15, -0.1) is 0 Å². The van der Waals surface area contributed by atoms with Gasteiger partial charge in [0.1, 0.15) is 10.7 Å². The Morgan fingerprint density at radius 3 is 2.29 bits per heavy atom. The van der Waals surface area contributed by atoms with Gasteiger partial charge in [-0.3, -0.25) is 4.90 Å². The van der Waals surface area contributed by atoms with Crippen molar-refractivity contribution >= 4 is 17.2 Å². The summed E-state index contributed by atoms with van der Waals surface area (Å²) < 4.78 is 5.39. The summed E-state index contributed by atoms with van der Waals surface area (Å²) in [5.41, 5.74) is 9.03. The van der Waals surface area contributed by atoms with Crippen LogP contribution in [0, 0.1) is 0 Å². The number of para-hydroxylation sites is 1. The number of rotatable bonds is 6. The van der Waals surface area contributed by atoms with E-state index in [0.29, 0.717) is 4.99 Å². The van der Waals surface area contributed by atoms with E-state index in [1.54, 1.807) is 7.11 Å². The minimum atomic E-state index is 0.441. The quantitative estimate of drug-likeness (QED) is 0.833. The largest absolute Gasteiger partial charge is 0.496 e. The van der Waals surface area contributed by atoms with Crippen LogP contribution in [-0.2, 0) is 13.1 Å². The highest BCUT2D eigenvalue weighted by molar-refractivity contribution is 7.80. The van der Waals surface area contributed by atoms with Crippen LogP contribution in [0.1, 0.15) is 16.7 Å². The van der Waals surface area contributed by atoms with Crippen molar-refractivity contribution in [3.8, 4) is 5.75 Å². The van der Waals surface area contributed by atoms with Crippen LogP contribution in [0.2, 0.25) is 0 Å². The molecule has 0 aliphatic heterocycles. The molecule has 0 saturated heterocycles. The Morgan fingerprint density at radius 2 is 1.62 bits per heavy atom. The number of nitrogens with zero attached hydrogens (tertiary/aromatic N) is 1. The molecule has 2 aromatic carbocycles. The average molecular weight is 300 g/mol. The summed E-state index contributed by atoms with van der Waals surface area (Å²) in [6, 6.07) is 16.0. The first-order valence-electron chi connectivity index (χ1n) is 6.80. The van der Waals surface area contributed by atoms with E-state index >= 15 is 0 Å². The van der Waals surface area contributed by atoms with Crippen LogP contribution in [0.25, 0.3) is 0 Å². The Bertz CT molecular complexity index is 628. The molecule has 4 heteroatoms. The lowest BCUT2D eigenvalue weighted by molar-refractivity contribution is 0.310. The highest BCUT2D eigenvalue weighted by Gasteiger charge is 2.09. The number of methoxy groups -OCH3 is 1. The summed E-state index contributed by atoms with van der Waals surface area (Å²) in [7, 11) is 3.77. The molecule has 21 heavy (non-hydrogen) atoms. The molecule has 0 aromatic heterocycles. The fourth-order valence-electron chi connectivity index (χ4n) is 2.37. The molecule has 2 N–H and O–H groups in total. The summed E-state index contributed by atoms with van der Waals surface area (Å²) in [5.74, 6) is 0.909. The van der Waals surface area contributed by atoms with E-state index < -0.39 is 0 Å². The van der Waals surface area contributed by atoms with E-state index in [1.807, 2.05) is 36.4 Å². The van der Waals surface area contributed by atoms with Gasteiger partial charge in [-0.2, -0.15) is 0 Å². The van der Waals surface area contributed by atoms with Crippen LogP contribution in [0.3, 0.4) is 0 Å². The van der Waals surface area contributed by atoms with Crippen molar-refractivity contribution in [1.82, 2.24) is 4.90 Å². The van der Waals surface area contributed by atoms with Gasteiger partial charge < -0.3 is 10.5 Å². The summed E-state index contributed by atoms with van der Waals surface area (Å²) >= 11 is 5.11. The van der Waals surface area contributed by atoms with Gasteiger partial charge in [0.2, 0.25) is 0 Å². The minimum Gasteiger partial charge on any atom is -0.496 e. The fraction of sp³-hybridized carbons (Fsp3) is 0.235. The molecule has 0 aliphatic carbocycles. The molecule has 110 valence electrons. The summed E-state index contributed by atoms with van der Waals surface area (Å²) in [6.45, 7) is 1.58. The smallest absolute Gasteiger partial charge is 0.123 e. The monoisotopic (exact) mass is 300 g/mol. The van der Waals surface area contributed by atoms with E-state index in [9.17, 15) is 0 Å². The Balaban J connectivity index is 2.12. The zero-order chi connectivity index (χ0) is 15.2. The zero-order valence-corrected chi connectivity index (χ0v) is 13.2. The van der Waals surface area contributed by atoms with Gasteiger partial charge in [0.25, 0.3) is 0 Å². The van der Waals surface area contributed by atoms with E-state index in [-0.39, 0.29) is 0 Å². The van der Waals surface area contributed by atoms with Crippen molar-refractivity contribution in [3.05, 3.63) is 65.2 Å². The number of ether oxygens (including phenoxy) is 1. The predicted octanol–water partition coefficient (Wildman–Crippen LogP) is 2.96. The van der Waals surface area contributed by atoms with E-state index in [4.69, 9.17) is 22.7 Å². The molecule has 2 rings (SSSR count). The molecule has 0 bridgehead atoms. The number of nitrogens with two attached hydrogens (primary N) is 1. The average Bonchev–Trinajstić information content (AvgIpc) is 2.48. The molecule has 3 nitrogen and oxygen atoms in total. The third kappa shape index (κ3) is 4.03. The van der Waals surface area contributed by atoms with Crippen molar-refractivity contribution < 1.29 is 4.74 Å². The molecule has 0 spiro atoms. The Hall–Kier alpha value is -1.91. The number of benzene rings is 2. The van der Waals surface area contributed by atoms with Crippen LogP contribution >= 0.6 is 12.2 Å². The number of hydrogen-bond donors (Lipinski definition) is 1. The van der Waals surface area contributed by atoms with E-state index in [2.05, 4.69) is 24.1 Å². The molecular formula is C17H20N2OS. The van der Waals surface area contributed by atoms with Crippen molar-refractivity contribution in [2.24, 2.45) is 5.73 Å². The second-order valence-electron chi connectivity index (χ2n) is 5.01. The second kappa shape index (κ2) is 7.20. The van der Waals surface area contributed by atoms with Crippen molar-refractivity contribution in [1.29, 1.82) is 0 Å². The van der Waals surface area contributed by atoms with Crippen molar-refractivity contribution in [3.63, 3.8) is 0 Å². The zero-order valence-electron chi connectivity index (χ0n) is 12.4. The first-order valence-corrected chi connectivity index (χ1v) is 7.20. The van der Waals surface area contributed by atoms with Crippen LogP contribution in [0.15, 0.2) is 48.5 Å². The lowest BCUT2D eigenvalue weighted by Gasteiger charge is -2.20. The molecular weight excluding hydrogens is 280 g/mol. The topological polar surface area (TPSA) is 38.5 Å². The van der Waals surface area contributed by atoms with Gasteiger partial charge in [-0.1, -0.05) is 54.7 Å². The van der Waals surface area contributed by atoms with Crippen LogP contribution in [0.5, 0.6) is 5.75 Å². The molecule has 0 unspecified atom stereocenters. The SMILES string of the molecule is COc1ccccc1CN(C)Cc1ccccc1C(N)=S. The van der Waals surface area contributed by atoms with Crippen LogP contribution in [-0.4, -0.2) is 24.0 Å². The van der Waals surface area contributed by atoms with Crippen molar-refractivity contribution in [2.75, 3.05) is 14.2 Å². The van der Waals surface area contributed by atoms with Gasteiger partial charge in [0, 0.05) is 24.2 Å². The maximum absolute atomic E-state index is 5.78. The maximum atomic E-state index is 5.78. The Kier molecular flexibility index (Phi) is 5.31. The fourth-order valence-corrected chi connectivity index (χ4v) is 2.57. The molecule has 0 saturated carbocycles. The standard InChI is InChI=1S/C17H20N2OS/c1-19(12-14-8-4-6-10-16(14)20-2)11-13-7-3-5-9-15(13)17(18)21/h3-10H,11-12H2,1-2H3,(H2,18,21). The van der Waals surface area contributed by atoms with Crippen LogP contribution in [0.4, 0.5) is 0 Å². The third-order valence-electron chi connectivity index (χ3n) is 3.36. The maximum Gasteiger partial charge on any atom is 0.123 e. The Labute approximate surface area is 131 Å². The van der Waals surface area contributed by atoms with Crippen LogP contribution < -0.4 is 10.5 Å². The molecule has 0 heterocycles. The molecule has 0 aliphatic rings. The predicted molar refractivity (Wildman–Crippen MR) is 90.5 cm³/mol. The van der Waals surface area contributed by atoms with E-state index in [1.165, 1.54) is 0 Å². The number of hydrogen-bond acceptors (Lipinski definition) is 3. The van der Waals surface area contributed by atoms with Crippen molar-refractivity contribution in [2.45, 2.75) is 13.1 Å². The highest BCUT2D eigenvalue weighted by Crippen LogP contribution is 2.20. The van der Waals surface area contributed by atoms with Gasteiger partial charge in [0.05, 0.1) is 7.11 Å². The molecule has 0 atom stereocenters.